The van der Waals surface area contributed by atoms with Gasteiger partial charge in [0.2, 0.25) is 5.91 Å². The Morgan fingerprint density at radius 2 is 1.67 bits per heavy atom. The SMILES string of the molecule is CSCCC(NC(=O)c1ccccc1Cl)C(=O)NC(C)c1cccc2ccccc12. The molecule has 2 N–H and O–H groups in total. The van der Waals surface area contributed by atoms with Gasteiger partial charge in [0.25, 0.3) is 5.91 Å². The average Bonchev–Trinajstić information content (AvgIpc) is 2.76. The summed E-state index contributed by atoms with van der Waals surface area (Å²) in [5.41, 5.74) is 1.41. The lowest BCUT2D eigenvalue weighted by Crippen LogP contribution is -2.47. The van der Waals surface area contributed by atoms with E-state index in [9.17, 15) is 9.59 Å². The first-order valence-electron chi connectivity index (χ1n) is 9.83. The zero-order chi connectivity index (χ0) is 21.5. The highest BCUT2D eigenvalue weighted by atomic mass is 35.5. The van der Waals surface area contributed by atoms with Gasteiger partial charge in [0.05, 0.1) is 16.6 Å². The van der Waals surface area contributed by atoms with Crippen molar-refractivity contribution in [2.24, 2.45) is 0 Å². The van der Waals surface area contributed by atoms with Crippen LogP contribution >= 0.6 is 23.4 Å². The monoisotopic (exact) mass is 440 g/mol. The molecule has 3 aromatic carbocycles. The molecule has 0 heterocycles. The maximum absolute atomic E-state index is 13.1. The second-order valence-corrected chi connectivity index (χ2v) is 8.48. The molecule has 3 aromatic rings. The van der Waals surface area contributed by atoms with Crippen molar-refractivity contribution < 1.29 is 9.59 Å². The van der Waals surface area contributed by atoms with Gasteiger partial charge in [-0.25, -0.2) is 0 Å². The third-order valence-corrected chi connectivity index (χ3v) is 5.97. The predicted octanol–water partition coefficient (Wildman–Crippen LogP) is 5.22. The minimum atomic E-state index is -0.640. The average molecular weight is 441 g/mol. The van der Waals surface area contributed by atoms with E-state index in [-0.39, 0.29) is 17.9 Å². The van der Waals surface area contributed by atoms with Gasteiger partial charge in [-0.2, -0.15) is 11.8 Å². The number of fused-ring (bicyclic) bond motifs is 1. The molecule has 2 atom stereocenters. The third-order valence-electron chi connectivity index (χ3n) is 5.00. The van der Waals surface area contributed by atoms with Crippen LogP contribution in [-0.4, -0.2) is 29.9 Å². The number of amides is 2. The van der Waals surface area contributed by atoms with Crippen LogP contribution < -0.4 is 10.6 Å². The zero-order valence-corrected chi connectivity index (χ0v) is 18.6. The van der Waals surface area contributed by atoms with Gasteiger partial charge in [-0.1, -0.05) is 66.2 Å². The van der Waals surface area contributed by atoms with Crippen LogP contribution in [0.2, 0.25) is 5.02 Å². The topological polar surface area (TPSA) is 58.2 Å². The van der Waals surface area contributed by atoms with Gasteiger partial charge in [-0.05, 0) is 53.8 Å². The van der Waals surface area contributed by atoms with Gasteiger partial charge in [-0.3, -0.25) is 9.59 Å². The summed E-state index contributed by atoms with van der Waals surface area (Å²) in [7, 11) is 0. The van der Waals surface area contributed by atoms with Crippen molar-refractivity contribution in [1.29, 1.82) is 0 Å². The fraction of sp³-hybridized carbons (Fsp3) is 0.250. The van der Waals surface area contributed by atoms with Crippen LogP contribution in [0.3, 0.4) is 0 Å². The molecule has 0 bridgehead atoms. The Morgan fingerprint density at radius 3 is 2.43 bits per heavy atom. The van der Waals surface area contributed by atoms with Crippen molar-refractivity contribution in [2.45, 2.75) is 25.4 Å². The summed E-state index contributed by atoms with van der Waals surface area (Å²) < 4.78 is 0. The molecule has 0 aliphatic carbocycles. The van der Waals surface area contributed by atoms with Crippen LogP contribution in [0.15, 0.2) is 66.7 Å². The Bertz CT molecular complexity index is 1040. The largest absolute Gasteiger partial charge is 0.348 e. The molecule has 0 saturated heterocycles. The molecule has 0 spiro atoms. The summed E-state index contributed by atoms with van der Waals surface area (Å²) in [5, 5.41) is 8.52. The predicted molar refractivity (Wildman–Crippen MR) is 126 cm³/mol. The number of hydrogen-bond acceptors (Lipinski definition) is 3. The van der Waals surface area contributed by atoms with E-state index in [1.165, 1.54) is 0 Å². The first-order chi connectivity index (χ1) is 14.5. The maximum atomic E-state index is 13.1. The van der Waals surface area contributed by atoms with Gasteiger partial charge in [0, 0.05) is 0 Å². The summed E-state index contributed by atoms with van der Waals surface area (Å²) in [6.45, 7) is 1.96. The van der Waals surface area contributed by atoms with E-state index >= 15 is 0 Å². The molecular formula is C24H25ClN2O2S. The Hall–Kier alpha value is -2.50. The number of benzene rings is 3. The van der Waals surface area contributed by atoms with E-state index in [0.717, 1.165) is 22.1 Å². The van der Waals surface area contributed by atoms with Crippen LogP contribution in [0.4, 0.5) is 0 Å². The summed E-state index contributed by atoms with van der Waals surface area (Å²) in [4.78, 5) is 25.7. The second kappa shape index (κ2) is 10.5. The third kappa shape index (κ3) is 5.35. The highest BCUT2D eigenvalue weighted by molar-refractivity contribution is 7.98. The van der Waals surface area contributed by atoms with Crippen LogP contribution in [0.25, 0.3) is 10.8 Å². The number of carbonyl (C=O) groups is 2. The molecule has 4 nitrogen and oxygen atoms in total. The molecule has 30 heavy (non-hydrogen) atoms. The van der Waals surface area contributed by atoms with Crippen molar-refractivity contribution in [3.8, 4) is 0 Å². The summed E-state index contributed by atoms with van der Waals surface area (Å²) in [6.07, 6.45) is 2.51. The molecule has 0 fully saturated rings. The number of nitrogens with one attached hydrogen (secondary N) is 2. The summed E-state index contributed by atoms with van der Waals surface area (Å²) >= 11 is 7.77. The first kappa shape index (κ1) is 22.2. The number of hydrogen-bond donors (Lipinski definition) is 2. The second-order valence-electron chi connectivity index (χ2n) is 7.09. The molecule has 0 aliphatic rings. The molecule has 0 aliphatic heterocycles. The minimum Gasteiger partial charge on any atom is -0.348 e. The lowest BCUT2D eigenvalue weighted by molar-refractivity contribution is -0.123. The highest BCUT2D eigenvalue weighted by Gasteiger charge is 2.24. The number of thioether (sulfide) groups is 1. The lowest BCUT2D eigenvalue weighted by atomic mass is 9.99. The maximum Gasteiger partial charge on any atom is 0.253 e. The number of halogens is 1. The normalized spacial score (nSPS) is 12.9. The fourth-order valence-electron chi connectivity index (χ4n) is 3.41. The number of carbonyl (C=O) groups excluding carboxylic acids is 2. The highest BCUT2D eigenvalue weighted by Crippen LogP contribution is 2.24. The Morgan fingerprint density at radius 1 is 0.967 bits per heavy atom. The minimum absolute atomic E-state index is 0.197. The standard InChI is InChI=1S/C24H25ClN2O2S/c1-16(18-12-7-9-17-8-3-4-10-19(17)18)26-24(29)22(14-15-30-2)27-23(28)20-11-5-6-13-21(20)25/h3-13,16,22H,14-15H2,1-2H3,(H,26,29)(H,27,28). The van der Waals surface area contributed by atoms with E-state index < -0.39 is 6.04 Å². The van der Waals surface area contributed by atoms with E-state index in [1.54, 1.807) is 36.0 Å². The molecule has 2 amide bonds. The van der Waals surface area contributed by atoms with Crippen LogP contribution in [-0.2, 0) is 4.79 Å². The zero-order valence-electron chi connectivity index (χ0n) is 17.0. The van der Waals surface area contributed by atoms with E-state index in [2.05, 4.69) is 28.8 Å². The van der Waals surface area contributed by atoms with Gasteiger partial charge < -0.3 is 10.6 Å². The quantitative estimate of drug-likeness (QED) is 0.504. The molecule has 0 aromatic heterocycles. The van der Waals surface area contributed by atoms with Gasteiger partial charge in [-0.15, -0.1) is 0 Å². The Kier molecular flexibility index (Phi) is 7.77. The smallest absolute Gasteiger partial charge is 0.253 e. The van der Waals surface area contributed by atoms with Gasteiger partial charge >= 0.3 is 0 Å². The molecule has 156 valence electrons. The summed E-state index contributed by atoms with van der Waals surface area (Å²) in [6, 6.07) is 20.2. The number of rotatable bonds is 8. The van der Waals surface area contributed by atoms with Gasteiger partial charge in [0.1, 0.15) is 6.04 Å². The summed E-state index contributed by atoms with van der Waals surface area (Å²) in [5.74, 6) is 0.202. The first-order valence-corrected chi connectivity index (χ1v) is 11.6. The molecule has 6 heteroatoms. The van der Waals surface area contributed by atoms with Crippen molar-refractivity contribution in [2.75, 3.05) is 12.0 Å². The fourth-order valence-corrected chi connectivity index (χ4v) is 4.10. The van der Waals surface area contributed by atoms with E-state index in [1.807, 2.05) is 37.4 Å². The van der Waals surface area contributed by atoms with Crippen LogP contribution in [0.1, 0.15) is 35.3 Å². The Balaban J connectivity index is 1.76. The van der Waals surface area contributed by atoms with E-state index in [0.29, 0.717) is 17.0 Å². The van der Waals surface area contributed by atoms with E-state index in [4.69, 9.17) is 11.6 Å². The molecule has 0 radical (unpaired) electrons. The Labute approximate surface area is 186 Å². The molecular weight excluding hydrogens is 416 g/mol. The van der Waals surface area contributed by atoms with Crippen molar-refractivity contribution >= 4 is 45.9 Å². The van der Waals surface area contributed by atoms with Crippen molar-refractivity contribution in [3.05, 3.63) is 82.9 Å². The van der Waals surface area contributed by atoms with Crippen LogP contribution in [0, 0.1) is 0 Å². The van der Waals surface area contributed by atoms with Gasteiger partial charge in [0.15, 0.2) is 0 Å². The van der Waals surface area contributed by atoms with Crippen molar-refractivity contribution in [1.82, 2.24) is 10.6 Å². The molecule has 3 rings (SSSR count). The molecule has 2 unspecified atom stereocenters. The lowest BCUT2D eigenvalue weighted by Gasteiger charge is -2.22. The molecule has 0 saturated carbocycles. The van der Waals surface area contributed by atoms with Crippen molar-refractivity contribution in [3.63, 3.8) is 0 Å². The van der Waals surface area contributed by atoms with Crippen LogP contribution in [0.5, 0.6) is 0 Å².